The van der Waals surface area contributed by atoms with Crippen LogP contribution in [0.1, 0.15) is 18.1 Å². The molecule has 1 aromatic rings. The number of nitrogens with one attached hydrogen (secondary N) is 2. The van der Waals surface area contributed by atoms with Gasteiger partial charge in [-0.3, -0.25) is 9.78 Å². The van der Waals surface area contributed by atoms with Crippen molar-refractivity contribution in [3.05, 3.63) is 29.6 Å². The van der Waals surface area contributed by atoms with Gasteiger partial charge < -0.3 is 15.4 Å². The maximum Gasteiger partial charge on any atom is 0.236 e. The quantitative estimate of drug-likeness (QED) is 0.698. The first-order valence-electron chi connectivity index (χ1n) is 6.04. The van der Waals surface area contributed by atoms with E-state index in [-0.39, 0.29) is 11.9 Å². The minimum Gasteiger partial charge on any atom is -0.383 e. The summed E-state index contributed by atoms with van der Waals surface area (Å²) in [5, 5.41) is 5.98. The number of methoxy groups -OCH3 is 1. The van der Waals surface area contributed by atoms with E-state index in [2.05, 4.69) is 15.6 Å². The number of hydrogen-bond acceptors (Lipinski definition) is 4. The van der Waals surface area contributed by atoms with E-state index in [1.807, 2.05) is 26.1 Å². The molecule has 1 rings (SSSR count). The molecular formula is C13H21N3O2. The van der Waals surface area contributed by atoms with Crippen LogP contribution in [0.5, 0.6) is 0 Å². The molecule has 0 aromatic carbocycles. The second-order valence-corrected chi connectivity index (χ2v) is 4.19. The van der Waals surface area contributed by atoms with Gasteiger partial charge >= 0.3 is 0 Å². The number of carbonyl (C=O) groups excluding carboxylic acids is 1. The zero-order chi connectivity index (χ0) is 13.4. The van der Waals surface area contributed by atoms with Crippen LogP contribution >= 0.6 is 0 Å². The number of carbonyl (C=O) groups is 1. The maximum atomic E-state index is 11.7. The standard InChI is InChI=1S/C13H21N3O2/c1-10-8-14-5-4-12(10)9-16-11(2)13(17)15-6-7-18-3/h4-5,8,11,16H,6-7,9H2,1-3H3,(H,15,17). The highest BCUT2D eigenvalue weighted by Crippen LogP contribution is 2.04. The van der Waals surface area contributed by atoms with Gasteiger partial charge in [0.2, 0.25) is 5.91 Å². The summed E-state index contributed by atoms with van der Waals surface area (Å²) in [5.41, 5.74) is 2.28. The lowest BCUT2D eigenvalue weighted by Crippen LogP contribution is -2.42. The van der Waals surface area contributed by atoms with Crippen molar-refractivity contribution >= 4 is 5.91 Å². The predicted molar refractivity (Wildman–Crippen MR) is 70.2 cm³/mol. The zero-order valence-corrected chi connectivity index (χ0v) is 11.2. The van der Waals surface area contributed by atoms with E-state index in [0.29, 0.717) is 19.7 Å². The van der Waals surface area contributed by atoms with Crippen molar-refractivity contribution in [1.82, 2.24) is 15.6 Å². The maximum absolute atomic E-state index is 11.7. The van der Waals surface area contributed by atoms with Crippen molar-refractivity contribution in [3.8, 4) is 0 Å². The molecule has 0 aliphatic rings. The third kappa shape index (κ3) is 4.81. The van der Waals surface area contributed by atoms with Crippen LogP contribution < -0.4 is 10.6 Å². The molecule has 18 heavy (non-hydrogen) atoms. The number of rotatable bonds is 7. The summed E-state index contributed by atoms with van der Waals surface area (Å²) in [7, 11) is 1.61. The molecule has 1 amide bonds. The Hall–Kier alpha value is -1.46. The van der Waals surface area contributed by atoms with Gasteiger partial charge in [-0.1, -0.05) is 0 Å². The Morgan fingerprint density at radius 1 is 1.56 bits per heavy atom. The molecule has 1 atom stereocenters. The Labute approximate surface area is 108 Å². The number of amides is 1. The highest BCUT2D eigenvalue weighted by molar-refractivity contribution is 5.81. The second kappa shape index (κ2) is 7.79. The molecule has 0 aliphatic heterocycles. The van der Waals surface area contributed by atoms with Gasteiger partial charge in [0.15, 0.2) is 0 Å². The minimum atomic E-state index is -0.227. The highest BCUT2D eigenvalue weighted by atomic mass is 16.5. The third-order valence-electron chi connectivity index (χ3n) is 2.73. The minimum absolute atomic E-state index is 0.0150. The van der Waals surface area contributed by atoms with E-state index in [1.54, 1.807) is 13.3 Å². The van der Waals surface area contributed by atoms with Crippen LogP contribution in [-0.2, 0) is 16.1 Å². The summed E-state index contributed by atoms with van der Waals surface area (Å²) < 4.78 is 4.87. The topological polar surface area (TPSA) is 63.2 Å². The van der Waals surface area contributed by atoms with Gasteiger partial charge in [-0.25, -0.2) is 0 Å². The first-order chi connectivity index (χ1) is 8.65. The van der Waals surface area contributed by atoms with Crippen molar-refractivity contribution in [1.29, 1.82) is 0 Å². The lowest BCUT2D eigenvalue weighted by Gasteiger charge is -2.14. The summed E-state index contributed by atoms with van der Waals surface area (Å²) in [6.07, 6.45) is 3.58. The van der Waals surface area contributed by atoms with E-state index in [1.165, 1.54) is 0 Å². The number of aryl methyl sites for hydroxylation is 1. The molecule has 1 heterocycles. The fraction of sp³-hybridized carbons (Fsp3) is 0.538. The lowest BCUT2D eigenvalue weighted by atomic mass is 10.1. The van der Waals surface area contributed by atoms with Crippen molar-refractivity contribution in [2.45, 2.75) is 26.4 Å². The van der Waals surface area contributed by atoms with Gasteiger partial charge in [-0.15, -0.1) is 0 Å². The van der Waals surface area contributed by atoms with E-state index in [9.17, 15) is 4.79 Å². The van der Waals surface area contributed by atoms with Crippen molar-refractivity contribution < 1.29 is 9.53 Å². The molecule has 1 unspecified atom stereocenters. The molecular weight excluding hydrogens is 230 g/mol. The number of hydrogen-bond donors (Lipinski definition) is 2. The highest BCUT2D eigenvalue weighted by Gasteiger charge is 2.11. The Morgan fingerprint density at radius 2 is 2.33 bits per heavy atom. The molecule has 0 saturated carbocycles. The van der Waals surface area contributed by atoms with E-state index in [4.69, 9.17) is 4.74 Å². The SMILES string of the molecule is COCCNC(=O)C(C)NCc1ccncc1C. The van der Waals surface area contributed by atoms with Crippen LogP contribution in [0.25, 0.3) is 0 Å². The van der Waals surface area contributed by atoms with Crippen LogP contribution in [-0.4, -0.2) is 37.2 Å². The Bertz CT molecular complexity index is 382. The summed E-state index contributed by atoms with van der Waals surface area (Å²) in [5.74, 6) is -0.0150. The molecule has 0 radical (unpaired) electrons. The number of pyridine rings is 1. The third-order valence-corrected chi connectivity index (χ3v) is 2.73. The molecule has 0 spiro atoms. The average Bonchev–Trinajstić information content (AvgIpc) is 2.37. The number of ether oxygens (including phenoxy) is 1. The van der Waals surface area contributed by atoms with Gasteiger partial charge in [0.05, 0.1) is 12.6 Å². The Balaban J connectivity index is 2.34. The fourth-order valence-corrected chi connectivity index (χ4v) is 1.49. The van der Waals surface area contributed by atoms with Crippen LogP contribution in [0, 0.1) is 6.92 Å². The van der Waals surface area contributed by atoms with Gasteiger partial charge in [0.1, 0.15) is 0 Å². The first kappa shape index (κ1) is 14.6. The van der Waals surface area contributed by atoms with Crippen molar-refractivity contribution in [2.75, 3.05) is 20.3 Å². The largest absolute Gasteiger partial charge is 0.383 e. The van der Waals surface area contributed by atoms with E-state index >= 15 is 0 Å². The van der Waals surface area contributed by atoms with E-state index in [0.717, 1.165) is 11.1 Å². The molecule has 0 bridgehead atoms. The molecule has 1 aromatic heterocycles. The van der Waals surface area contributed by atoms with Crippen molar-refractivity contribution in [3.63, 3.8) is 0 Å². The van der Waals surface area contributed by atoms with Crippen LogP contribution in [0.2, 0.25) is 0 Å². The fourth-order valence-electron chi connectivity index (χ4n) is 1.49. The van der Waals surface area contributed by atoms with Crippen LogP contribution in [0.4, 0.5) is 0 Å². The summed E-state index contributed by atoms with van der Waals surface area (Å²) in [6, 6.07) is 1.73. The molecule has 0 aliphatic carbocycles. The average molecular weight is 251 g/mol. The van der Waals surface area contributed by atoms with Gasteiger partial charge in [-0.2, -0.15) is 0 Å². The number of aromatic nitrogens is 1. The predicted octanol–water partition coefficient (Wildman–Crippen LogP) is 0.631. The normalized spacial score (nSPS) is 12.2. The Morgan fingerprint density at radius 3 is 3.00 bits per heavy atom. The first-order valence-corrected chi connectivity index (χ1v) is 6.04. The van der Waals surface area contributed by atoms with Crippen LogP contribution in [0.3, 0.4) is 0 Å². The zero-order valence-electron chi connectivity index (χ0n) is 11.2. The van der Waals surface area contributed by atoms with Crippen molar-refractivity contribution in [2.24, 2.45) is 0 Å². The molecule has 5 heteroatoms. The molecule has 5 nitrogen and oxygen atoms in total. The second-order valence-electron chi connectivity index (χ2n) is 4.19. The number of nitrogens with zero attached hydrogens (tertiary/aromatic N) is 1. The lowest BCUT2D eigenvalue weighted by molar-refractivity contribution is -0.122. The molecule has 2 N–H and O–H groups in total. The van der Waals surface area contributed by atoms with Gasteiger partial charge in [0.25, 0.3) is 0 Å². The van der Waals surface area contributed by atoms with Gasteiger partial charge in [0, 0.05) is 32.6 Å². The monoisotopic (exact) mass is 251 g/mol. The Kier molecular flexibility index (Phi) is 6.32. The van der Waals surface area contributed by atoms with Crippen LogP contribution in [0.15, 0.2) is 18.5 Å². The van der Waals surface area contributed by atoms with E-state index < -0.39 is 0 Å². The summed E-state index contributed by atoms with van der Waals surface area (Å²) in [6.45, 7) is 5.58. The summed E-state index contributed by atoms with van der Waals surface area (Å²) in [4.78, 5) is 15.7. The summed E-state index contributed by atoms with van der Waals surface area (Å²) >= 11 is 0. The molecule has 0 fully saturated rings. The van der Waals surface area contributed by atoms with Gasteiger partial charge in [-0.05, 0) is 31.0 Å². The molecule has 0 saturated heterocycles. The molecule has 100 valence electrons. The smallest absolute Gasteiger partial charge is 0.236 e.